The van der Waals surface area contributed by atoms with Crippen molar-refractivity contribution in [1.29, 1.82) is 0 Å². The standard InChI is InChI=1S/C26H24B2N2O/c1-15-17(3)29-24-21(27(15)5)13-11-19-12-14-22-25(23(19)24)30(26(29)31)18(4)16(2)28(22)20-9-7-6-8-10-20/h6-14H,1-5H3. The molecular weight excluding hydrogens is 378 g/mol. The molecule has 3 aromatic carbocycles. The number of hydrogen-bond donors (Lipinski definition) is 0. The number of anilines is 2. The molecule has 2 amide bonds. The number of benzene rings is 3. The van der Waals surface area contributed by atoms with Gasteiger partial charge in [0.2, 0.25) is 13.4 Å². The fourth-order valence-corrected chi connectivity index (χ4v) is 5.81. The maximum absolute atomic E-state index is 14.0. The normalized spacial score (nSPS) is 17.4. The summed E-state index contributed by atoms with van der Waals surface area (Å²) >= 11 is 0. The highest BCUT2D eigenvalue weighted by Crippen LogP contribution is 2.46. The van der Waals surface area contributed by atoms with Crippen LogP contribution in [0.4, 0.5) is 16.2 Å². The second kappa shape index (κ2) is 6.16. The van der Waals surface area contributed by atoms with E-state index in [1.54, 1.807) is 0 Å². The SMILES string of the molecule is CB1C(C)=C(C)N2C(=O)N3C(C)=C(C)B(c4ccccc4)c4ccc5ccc1c2c5c43. The Morgan fingerprint density at radius 1 is 0.710 bits per heavy atom. The molecule has 3 aromatic rings. The molecule has 0 fully saturated rings. The van der Waals surface area contributed by atoms with Crippen LogP contribution in [-0.4, -0.2) is 19.5 Å². The van der Waals surface area contributed by atoms with Gasteiger partial charge in [0.1, 0.15) is 0 Å². The number of urea groups is 1. The molecule has 0 saturated carbocycles. The molecule has 0 atom stereocenters. The molecular formula is C26H24B2N2O. The van der Waals surface area contributed by atoms with E-state index in [0.717, 1.165) is 22.8 Å². The largest absolute Gasteiger partial charge is 0.337 e. The van der Waals surface area contributed by atoms with Crippen molar-refractivity contribution in [3.8, 4) is 0 Å². The quantitative estimate of drug-likeness (QED) is 0.560. The molecule has 0 aliphatic carbocycles. The van der Waals surface area contributed by atoms with Gasteiger partial charge in [0.15, 0.2) is 0 Å². The number of hydrogen-bond acceptors (Lipinski definition) is 1. The molecule has 3 aliphatic rings. The summed E-state index contributed by atoms with van der Waals surface area (Å²) in [6.45, 7) is 11.2. The molecule has 0 spiro atoms. The number of nitrogens with zero attached hydrogens (tertiary/aromatic N) is 2. The summed E-state index contributed by atoms with van der Waals surface area (Å²) in [6.07, 6.45) is 0. The smallest absolute Gasteiger partial charge is 0.267 e. The van der Waals surface area contributed by atoms with Gasteiger partial charge in [0, 0.05) is 16.8 Å². The first-order valence-electron chi connectivity index (χ1n) is 11.0. The maximum Gasteiger partial charge on any atom is 0.337 e. The number of rotatable bonds is 1. The fraction of sp³-hybridized carbons (Fsp3) is 0.192. The Morgan fingerprint density at radius 2 is 1.29 bits per heavy atom. The van der Waals surface area contributed by atoms with E-state index in [4.69, 9.17) is 0 Å². The Labute approximate surface area is 184 Å². The third-order valence-electron chi connectivity index (χ3n) is 7.83. The van der Waals surface area contributed by atoms with Crippen molar-refractivity contribution in [3.63, 3.8) is 0 Å². The van der Waals surface area contributed by atoms with Gasteiger partial charge in [-0.15, -0.1) is 0 Å². The van der Waals surface area contributed by atoms with E-state index >= 15 is 0 Å². The summed E-state index contributed by atoms with van der Waals surface area (Å²) in [5.41, 5.74) is 10.5. The minimum atomic E-state index is 0.0424. The summed E-state index contributed by atoms with van der Waals surface area (Å²) in [4.78, 5) is 17.9. The van der Waals surface area contributed by atoms with Crippen LogP contribution in [0.25, 0.3) is 10.8 Å². The van der Waals surface area contributed by atoms with E-state index in [0.29, 0.717) is 6.71 Å². The molecule has 3 heterocycles. The van der Waals surface area contributed by atoms with Gasteiger partial charge in [-0.25, -0.2) is 4.79 Å². The van der Waals surface area contributed by atoms with E-state index in [1.807, 2.05) is 9.80 Å². The molecule has 3 aliphatic heterocycles. The summed E-state index contributed by atoms with van der Waals surface area (Å²) in [5.74, 6) is 0. The lowest BCUT2D eigenvalue weighted by Crippen LogP contribution is -2.58. The van der Waals surface area contributed by atoms with Gasteiger partial charge in [-0.05, 0) is 38.5 Å². The predicted molar refractivity (Wildman–Crippen MR) is 134 cm³/mol. The number of allylic oxidation sites excluding steroid dienone is 4. The van der Waals surface area contributed by atoms with Crippen molar-refractivity contribution >= 4 is 58.0 Å². The fourth-order valence-electron chi connectivity index (χ4n) is 5.81. The lowest BCUT2D eigenvalue weighted by molar-refractivity contribution is 0.254. The van der Waals surface area contributed by atoms with Crippen LogP contribution in [0, 0.1) is 0 Å². The lowest BCUT2D eigenvalue weighted by Gasteiger charge is -2.46. The molecule has 0 bridgehead atoms. The van der Waals surface area contributed by atoms with Crippen molar-refractivity contribution in [1.82, 2.24) is 0 Å². The minimum Gasteiger partial charge on any atom is -0.267 e. The zero-order valence-electron chi connectivity index (χ0n) is 18.7. The average molecular weight is 402 g/mol. The molecule has 0 saturated heterocycles. The third kappa shape index (κ3) is 2.19. The van der Waals surface area contributed by atoms with Crippen molar-refractivity contribution in [2.75, 3.05) is 9.80 Å². The number of amides is 2. The minimum absolute atomic E-state index is 0.0424. The zero-order chi connectivity index (χ0) is 21.6. The first-order chi connectivity index (χ1) is 14.9. The van der Waals surface area contributed by atoms with Crippen LogP contribution in [0.3, 0.4) is 0 Å². The van der Waals surface area contributed by atoms with Gasteiger partial charge in [-0.3, -0.25) is 9.80 Å². The summed E-state index contributed by atoms with van der Waals surface area (Å²) < 4.78 is 0. The summed E-state index contributed by atoms with van der Waals surface area (Å²) in [7, 11) is 0. The van der Waals surface area contributed by atoms with Gasteiger partial charge in [0.05, 0.1) is 11.4 Å². The molecule has 6 rings (SSSR count). The van der Waals surface area contributed by atoms with E-state index in [-0.39, 0.29) is 12.7 Å². The van der Waals surface area contributed by atoms with Crippen LogP contribution in [0.2, 0.25) is 6.82 Å². The van der Waals surface area contributed by atoms with Gasteiger partial charge in [-0.1, -0.05) is 83.3 Å². The summed E-state index contributed by atoms with van der Waals surface area (Å²) in [6, 6.07) is 19.6. The molecule has 0 radical (unpaired) electrons. The van der Waals surface area contributed by atoms with Crippen LogP contribution < -0.4 is 26.2 Å². The Hall–Kier alpha value is -3.20. The van der Waals surface area contributed by atoms with E-state index < -0.39 is 0 Å². The van der Waals surface area contributed by atoms with Gasteiger partial charge < -0.3 is 0 Å². The Kier molecular flexibility index (Phi) is 3.69. The highest BCUT2D eigenvalue weighted by molar-refractivity contribution is 6.93. The maximum atomic E-state index is 14.0. The van der Waals surface area contributed by atoms with Gasteiger partial charge in [-0.2, -0.15) is 0 Å². The monoisotopic (exact) mass is 402 g/mol. The Balaban J connectivity index is 1.77. The highest BCUT2D eigenvalue weighted by atomic mass is 16.2. The Morgan fingerprint density at radius 3 is 1.97 bits per heavy atom. The molecule has 0 aromatic heterocycles. The second-order valence-corrected chi connectivity index (χ2v) is 9.16. The first-order valence-corrected chi connectivity index (χ1v) is 11.0. The van der Waals surface area contributed by atoms with Crippen LogP contribution in [0.15, 0.2) is 76.9 Å². The van der Waals surface area contributed by atoms with E-state index in [2.05, 4.69) is 89.1 Å². The second-order valence-electron chi connectivity index (χ2n) is 9.16. The molecule has 0 unspecified atom stereocenters. The molecule has 3 nitrogen and oxygen atoms in total. The van der Waals surface area contributed by atoms with Crippen LogP contribution in [-0.2, 0) is 0 Å². The van der Waals surface area contributed by atoms with Gasteiger partial charge >= 0.3 is 6.03 Å². The number of carbonyl (C=O) groups excluding carboxylic acids is 1. The van der Waals surface area contributed by atoms with Crippen molar-refractivity contribution in [2.24, 2.45) is 0 Å². The zero-order valence-corrected chi connectivity index (χ0v) is 18.7. The third-order valence-corrected chi connectivity index (χ3v) is 7.83. The van der Waals surface area contributed by atoms with Crippen molar-refractivity contribution < 1.29 is 4.79 Å². The molecule has 150 valence electrons. The van der Waals surface area contributed by atoms with Crippen LogP contribution in [0.5, 0.6) is 0 Å². The molecule has 0 N–H and O–H groups in total. The molecule has 5 heteroatoms. The van der Waals surface area contributed by atoms with Crippen LogP contribution in [0.1, 0.15) is 27.7 Å². The van der Waals surface area contributed by atoms with Gasteiger partial charge in [0.25, 0.3) is 0 Å². The lowest BCUT2D eigenvalue weighted by atomic mass is 9.34. The topological polar surface area (TPSA) is 23.6 Å². The first kappa shape index (κ1) is 18.6. The predicted octanol–water partition coefficient (Wildman–Crippen LogP) is 4.22. The van der Waals surface area contributed by atoms with E-state index in [9.17, 15) is 4.79 Å². The van der Waals surface area contributed by atoms with E-state index in [1.165, 1.54) is 38.1 Å². The Bertz CT molecular complexity index is 1370. The van der Waals surface area contributed by atoms with Crippen molar-refractivity contribution in [3.05, 3.63) is 76.9 Å². The molecule has 31 heavy (non-hydrogen) atoms. The average Bonchev–Trinajstić information content (AvgIpc) is 2.78. The van der Waals surface area contributed by atoms with Crippen LogP contribution >= 0.6 is 0 Å². The highest BCUT2D eigenvalue weighted by Gasteiger charge is 2.45. The summed E-state index contributed by atoms with van der Waals surface area (Å²) in [5, 5.41) is 2.40. The van der Waals surface area contributed by atoms with Crippen molar-refractivity contribution in [2.45, 2.75) is 34.5 Å². The number of carbonyl (C=O) groups is 1.